The molecule has 0 heteroatoms. The molecule has 4 aliphatic rings. The summed E-state index contributed by atoms with van der Waals surface area (Å²) in [5, 5.41) is 0. The maximum Gasteiger partial charge on any atom is -0.0272 e. The van der Waals surface area contributed by atoms with Gasteiger partial charge < -0.3 is 0 Å². The van der Waals surface area contributed by atoms with Crippen molar-refractivity contribution in [2.45, 2.75) is 226 Å². The van der Waals surface area contributed by atoms with Crippen molar-refractivity contribution in [1.82, 2.24) is 0 Å². The Labute approximate surface area is 294 Å². The third-order valence-corrected chi connectivity index (χ3v) is 13.8. The van der Waals surface area contributed by atoms with Crippen molar-refractivity contribution in [1.29, 1.82) is 0 Å². The van der Waals surface area contributed by atoms with E-state index >= 15 is 0 Å². The second-order valence-corrected chi connectivity index (χ2v) is 20.6. The van der Waals surface area contributed by atoms with Gasteiger partial charge >= 0.3 is 0 Å². The van der Waals surface area contributed by atoms with Crippen LogP contribution in [-0.2, 0) is 0 Å². The van der Waals surface area contributed by atoms with Gasteiger partial charge in [-0.2, -0.15) is 0 Å². The van der Waals surface area contributed by atoms with Crippen LogP contribution in [0.3, 0.4) is 0 Å². The fourth-order valence-electron chi connectivity index (χ4n) is 10.4. The Hall–Kier alpha value is 0. The molecule has 4 rings (SSSR count). The first-order valence-corrected chi connectivity index (χ1v) is 21.3. The van der Waals surface area contributed by atoms with Crippen molar-refractivity contribution in [3.05, 3.63) is 0 Å². The Kier molecular flexibility index (Phi) is 19.1. The van der Waals surface area contributed by atoms with Crippen LogP contribution in [0, 0.1) is 69.0 Å². The summed E-state index contributed by atoms with van der Waals surface area (Å²) in [4.78, 5) is 0. The highest BCUT2D eigenvalue weighted by atomic mass is 14.5. The predicted molar refractivity (Wildman–Crippen MR) is 212 cm³/mol. The molecule has 276 valence electrons. The minimum Gasteiger partial charge on any atom is -0.0628 e. The maximum absolute atomic E-state index is 2.42. The minimum absolute atomic E-state index is 0.701. The van der Waals surface area contributed by atoms with Gasteiger partial charge in [-0.1, -0.05) is 149 Å². The van der Waals surface area contributed by atoms with Gasteiger partial charge in [0.15, 0.2) is 0 Å². The molecule has 0 atom stereocenters. The third kappa shape index (κ3) is 14.1. The van der Waals surface area contributed by atoms with Crippen LogP contribution < -0.4 is 0 Å². The van der Waals surface area contributed by atoms with E-state index in [1.54, 1.807) is 0 Å². The summed E-state index contributed by atoms with van der Waals surface area (Å²) in [6, 6.07) is 0. The quantitative estimate of drug-likeness (QED) is 0.198. The van der Waals surface area contributed by atoms with E-state index in [0.717, 1.165) is 58.2 Å². The van der Waals surface area contributed by atoms with Gasteiger partial charge in [0.25, 0.3) is 0 Å². The second kappa shape index (κ2) is 20.0. The Morgan fingerprint density at radius 1 is 0.261 bits per heavy atom. The average Bonchev–Trinajstić information content (AvgIpc) is 3.54. The average molecular weight is 645 g/mol. The van der Waals surface area contributed by atoms with Crippen LogP contribution in [0.4, 0.5) is 0 Å². The summed E-state index contributed by atoms with van der Waals surface area (Å²) in [5.74, 6) is 7.12. The molecule has 0 bridgehead atoms. The Bertz CT molecular complexity index is 754. The lowest BCUT2D eigenvalue weighted by Crippen LogP contribution is -2.36. The smallest absolute Gasteiger partial charge is 0.0272 e. The highest BCUT2D eigenvalue weighted by molar-refractivity contribution is 4.95. The van der Waals surface area contributed by atoms with Crippen LogP contribution >= 0.6 is 0 Å². The molecule has 4 saturated carbocycles. The maximum atomic E-state index is 2.42. The van der Waals surface area contributed by atoms with Gasteiger partial charge in [-0.15, -0.1) is 0 Å². The zero-order valence-electron chi connectivity index (χ0n) is 35.3. The van der Waals surface area contributed by atoms with Gasteiger partial charge in [-0.25, -0.2) is 0 Å². The monoisotopic (exact) mass is 645 g/mol. The van der Waals surface area contributed by atoms with Crippen LogP contribution in [0.25, 0.3) is 0 Å². The molecule has 0 amide bonds. The van der Waals surface area contributed by atoms with E-state index in [1.165, 1.54) is 116 Å². The summed E-state index contributed by atoms with van der Waals surface area (Å²) in [5.41, 5.74) is 2.93. The zero-order chi connectivity index (χ0) is 35.3. The summed E-state index contributed by atoms with van der Waals surface area (Å²) >= 11 is 0. The lowest BCUT2D eigenvalue weighted by molar-refractivity contribution is 0.0424. The first kappa shape index (κ1) is 44.0. The molecular weight excluding hydrogens is 553 g/mol. The van der Waals surface area contributed by atoms with E-state index in [-0.39, 0.29) is 0 Å². The van der Waals surface area contributed by atoms with Gasteiger partial charge in [0.1, 0.15) is 0 Å². The predicted octanol–water partition coefficient (Wildman–Crippen LogP) is 16.2. The molecule has 0 spiro atoms. The molecule has 0 aromatic carbocycles. The molecule has 0 radical (unpaired) electrons. The van der Waals surface area contributed by atoms with Crippen molar-refractivity contribution in [3.63, 3.8) is 0 Å². The molecule has 0 saturated heterocycles. The van der Waals surface area contributed by atoms with E-state index in [9.17, 15) is 0 Å². The van der Waals surface area contributed by atoms with Gasteiger partial charge in [0.05, 0.1) is 0 Å². The lowest BCUT2D eigenvalue weighted by Gasteiger charge is -2.47. The standard InChI is InChI=1S/C13H26.C12H24.C11H22.C10H20/c1-11(2)10-13(12(3)4)8-6-5-7-9-13;1-10(2)9-12(11(3)4)7-5-6-8-12;1-9(2)8-11(10(3)4)6-5-7-11;1-8(2)7-10(5-6-10)9(3)4/h11-12H,5-10H2,1-4H3;10-11H,5-9H2,1-4H3;9-10H,5-8H2,1-4H3;8-9H,5-7H2,1-4H3. The Balaban J connectivity index is 0.000000308. The summed E-state index contributed by atoms with van der Waals surface area (Å²) in [6.45, 7) is 38.0. The normalized spacial score (nSPS) is 22.4. The van der Waals surface area contributed by atoms with Gasteiger partial charge in [0.2, 0.25) is 0 Å². The molecule has 0 unspecified atom stereocenters. The van der Waals surface area contributed by atoms with Gasteiger partial charge in [0, 0.05) is 0 Å². The number of hydrogen-bond acceptors (Lipinski definition) is 0. The molecule has 0 aromatic heterocycles. The van der Waals surface area contributed by atoms with E-state index in [1.807, 2.05) is 0 Å². The van der Waals surface area contributed by atoms with E-state index < -0.39 is 0 Å². The summed E-state index contributed by atoms with van der Waals surface area (Å²) < 4.78 is 0. The third-order valence-electron chi connectivity index (χ3n) is 13.8. The summed E-state index contributed by atoms with van der Waals surface area (Å²) in [7, 11) is 0. The second-order valence-electron chi connectivity index (χ2n) is 20.6. The molecule has 4 fully saturated rings. The highest BCUT2D eigenvalue weighted by Gasteiger charge is 2.45. The summed E-state index contributed by atoms with van der Waals surface area (Å²) in [6.07, 6.45) is 26.6. The van der Waals surface area contributed by atoms with Crippen LogP contribution in [0.2, 0.25) is 0 Å². The minimum atomic E-state index is 0.701. The van der Waals surface area contributed by atoms with Crippen molar-refractivity contribution < 1.29 is 0 Å². The highest BCUT2D eigenvalue weighted by Crippen LogP contribution is 2.56. The van der Waals surface area contributed by atoms with Crippen molar-refractivity contribution in [3.8, 4) is 0 Å². The fourth-order valence-corrected chi connectivity index (χ4v) is 10.4. The first-order valence-electron chi connectivity index (χ1n) is 21.3. The molecule has 4 aliphatic carbocycles. The molecule has 0 N–H and O–H groups in total. The number of hydrogen-bond donors (Lipinski definition) is 0. The molecular formula is C46H92. The zero-order valence-corrected chi connectivity index (χ0v) is 35.3. The van der Waals surface area contributed by atoms with Crippen LogP contribution in [0.1, 0.15) is 226 Å². The van der Waals surface area contributed by atoms with Crippen LogP contribution in [0.5, 0.6) is 0 Å². The van der Waals surface area contributed by atoms with E-state index in [0.29, 0.717) is 10.8 Å². The molecule has 0 aliphatic heterocycles. The number of rotatable bonds is 12. The topological polar surface area (TPSA) is 0 Å². The molecule has 0 heterocycles. The molecule has 0 aromatic rings. The Morgan fingerprint density at radius 2 is 0.457 bits per heavy atom. The van der Waals surface area contributed by atoms with E-state index in [4.69, 9.17) is 0 Å². The first-order chi connectivity index (χ1) is 21.3. The van der Waals surface area contributed by atoms with Gasteiger partial charge in [-0.3, -0.25) is 0 Å². The van der Waals surface area contributed by atoms with Crippen molar-refractivity contribution >= 4 is 0 Å². The fraction of sp³-hybridized carbons (Fsp3) is 1.00. The van der Waals surface area contributed by atoms with Crippen LogP contribution in [0.15, 0.2) is 0 Å². The van der Waals surface area contributed by atoms with Gasteiger partial charge in [-0.05, 0) is 146 Å². The lowest BCUT2D eigenvalue weighted by atomic mass is 9.59. The molecule has 46 heavy (non-hydrogen) atoms. The van der Waals surface area contributed by atoms with Crippen molar-refractivity contribution in [2.75, 3.05) is 0 Å². The van der Waals surface area contributed by atoms with E-state index in [2.05, 4.69) is 111 Å². The van der Waals surface area contributed by atoms with Crippen molar-refractivity contribution in [2.24, 2.45) is 69.0 Å². The Morgan fingerprint density at radius 3 is 0.609 bits per heavy atom. The van der Waals surface area contributed by atoms with Crippen LogP contribution in [-0.4, -0.2) is 0 Å². The molecule has 0 nitrogen and oxygen atoms in total. The SMILES string of the molecule is CC(C)CC1(C(C)C)CC1.CC(C)CC1(C(C)C)CCC1.CC(C)CC1(C(C)C)CCCC1.CC(C)CC1(C(C)C)CCCCC1. The largest absolute Gasteiger partial charge is 0.0628 e.